The lowest BCUT2D eigenvalue weighted by Crippen LogP contribution is -2.20. The van der Waals surface area contributed by atoms with Gasteiger partial charge in [-0.1, -0.05) is 29.8 Å². The summed E-state index contributed by atoms with van der Waals surface area (Å²) >= 11 is 5.78. The number of nitrogens with one attached hydrogen (secondary N) is 1. The molecule has 0 aliphatic carbocycles. The van der Waals surface area contributed by atoms with Gasteiger partial charge in [0.1, 0.15) is 11.4 Å². The number of hydrogen-bond donors (Lipinski definition) is 2. The Morgan fingerprint density at radius 1 is 1.12 bits per heavy atom. The Hall–Kier alpha value is -4.27. The van der Waals surface area contributed by atoms with Crippen LogP contribution in [0.4, 0.5) is 18.9 Å². The molecule has 0 radical (unpaired) electrons. The highest BCUT2D eigenvalue weighted by molar-refractivity contribution is 7.89. The van der Waals surface area contributed by atoms with Gasteiger partial charge in [-0.3, -0.25) is 4.99 Å². The Morgan fingerprint density at radius 2 is 1.80 bits per heavy atom. The molecule has 2 aromatic carbocycles. The number of hydrogen-bond acceptors (Lipinski definition) is 9. The Labute approximate surface area is 237 Å². The van der Waals surface area contributed by atoms with E-state index in [-0.39, 0.29) is 28.2 Å². The fourth-order valence-corrected chi connectivity index (χ4v) is 4.58. The molecule has 0 saturated heterocycles. The third-order valence-electron chi connectivity index (χ3n) is 5.69. The zero-order chi connectivity index (χ0) is 29.9. The Kier molecular flexibility index (Phi) is 8.47. The van der Waals surface area contributed by atoms with Gasteiger partial charge >= 0.3 is 12.2 Å². The van der Waals surface area contributed by atoms with Crippen molar-refractivity contribution in [2.45, 2.75) is 18.0 Å². The molecular weight excluding hydrogens is 585 g/mol. The zero-order valence-corrected chi connectivity index (χ0v) is 23.3. The van der Waals surface area contributed by atoms with Crippen LogP contribution in [0.3, 0.4) is 0 Å². The van der Waals surface area contributed by atoms with Gasteiger partial charge in [-0.15, -0.1) is 0 Å². The molecule has 10 nitrogen and oxygen atoms in total. The highest BCUT2D eigenvalue weighted by Crippen LogP contribution is 2.40. The molecule has 3 N–H and O–H groups in total. The van der Waals surface area contributed by atoms with E-state index in [1.54, 1.807) is 31.2 Å². The van der Waals surface area contributed by atoms with Gasteiger partial charge in [-0.25, -0.2) is 28.1 Å². The summed E-state index contributed by atoms with van der Waals surface area (Å²) in [6, 6.07) is 11.1. The number of ether oxygens (including phenoxy) is 1. The highest BCUT2D eigenvalue weighted by atomic mass is 35.5. The molecule has 0 saturated carbocycles. The molecule has 0 aliphatic heterocycles. The molecule has 0 aliphatic rings. The van der Waals surface area contributed by atoms with Crippen molar-refractivity contribution >= 4 is 33.5 Å². The average Bonchev–Trinajstić information content (AvgIpc) is 3.36. The van der Waals surface area contributed by atoms with Crippen LogP contribution in [0.1, 0.15) is 5.89 Å². The molecule has 214 valence electrons. The summed E-state index contributed by atoms with van der Waals surface area (Å²) in [5.74, 6) is 0.473. The Morgan fingerprint density at radius 3 is 2.44 bits per heavy atom. The van der Waals surface area contributed by atoms with E-state index < -0.39 is 26.9 Å². The molecule has 0 spiro atoms. The van der Waals surface area contributed by atoms with Gasteiger partial charge in [0, 0.05) is 36.7 Å². The normalized spacial score (nSPS) is 13.0. The van der Waals surface area contributed by atoms with Crippen LogP contribution in [0.25, 0.3) is 33.7 Å². The highest BCUT2D eigenvalue weighted by Gasteiger charge is 2.33. The second-order valence-corrected chi connectivity index (χ2v) is 10.6. The van der Waals surface area contributed by atoms with E-state index in [1.807, 2.05) is 0 Å². The summed E-state index contributed by atoms with van der Waals surface area (Å²) in [6.07, 6.45) is -1.13. The van der Waals surface area contributed by atoms with E-state index in [1.165, 1.54) is 44.8 Å². The lowest BCUT2D eigenvalue weighted by Gasteiger charge is -2.11. The summed E-state index contributed by atoms with van der Waals surface area (Å²) < 4.78 is 77.0. The Bertz CT molecular complexity index is 1750. The second-order valence-electron chi connectivity index (χ2n) is 8.35. The topological polar surface area (TPSA) is 146 Å². The van der Waals surface area contributed by atoms with Gasteiger partial charge in [-0.2, -0.15) is 13.2 Å². The molecule has 41 heavy (non-hydrogen) atoms. The number of sulfonamides is 1. The minimum Gasteiger partial charge on any atom is -0.467 e. The lowest BCUT2D eigenvalue weighted by atomic mass is 9.99. The smallest absolute Gasteiger partial charge is 0.432 e. The maximum atomic E-state index is 13.0. The van der Waals surface area contributed by atoms with Crippen molar-refractivity contribution in [1.82, 2.24) is 19.7 Å². The number of halogens is 4. The van der Waals surface area contributed by atoms with E-state index in [2.05, 4.69) is 24.7 Å². The molecule has 0 atom stereocenters. The summed E-state index contributed by atoms with van der Waals surface area (Å²) in [7, 11) is -1.02. The fourth-order valence-electron chi connectivity index (χ4n) is 3.65. The minimum absolute atomic E-state index is 0.0345. The molecule has 15 heteroatoms. The van der Waals surface area contributed by atoms with Crippen molar-refractivity contribution in [3.63, 3.8) is 0 Å². The predicted molar refractivity (Wildman–Crippen MR) is 147 cm³/mol. The average molecular weight is 607 g/mol. The zero-order valence-electron chi connectivity index (χ0n) is 21.7. The molecule has 0 fully saturated rings. The summed E-state index contributed by atoms with van der Waals surface area (Å²) in [4.78, 5) is 16.8. The quantitative estimate of drug-likeness (QED) is 0.255. The monoisotopic (exact) mass is 606 g/mol. The third kappa shape index (κ3) is 6.56. The number of nitrogens with two attached hydrogens (primary N) is 1. The van der Waals surface area contributed by atoms with Crippen LogP contribution in [0.15, 0.2) is 79.9 Å². The number of alkyl halides is 3. The molecule has 0 unspecified atom stereocenters. The molecular formula is C26H22ClF3N6O4S. The van der Waals surface area contributed by atoms with Crippen molar-refractivity contribution in [2.75, 3.05) is 14.2 Å². The van der Waals surface area contributed by atoms with E-state index in [4.69, 9.17) is 26.5 Å². The maximum absolute atomic E-state index is 13.0. The molecule has 2 heterocycles. The second kappa shape index (κ2) is 11.7. The van der Waals surface area contributed by atoms with Gasteiger partial charge in [0.25, 0.3) is 0 Å². The van der Waals surface area contributed by atoms with Crippen LogP contribution >= 0.6 is 11.6 Å². The molecule has 4 aromatic rings. The van der Waals surface area contributed by atoms with Gasteiger partial charge in [0.05, 0.1) is 22.7 Å². The number of methoxy groups -OCH3 is 1. The minimum atomic E-state index is -4.85. The van der Waals surface area contributed by atoms with Crippen LogP contribution in [0.5, 0.6) is 6.01 Å². The molecule has 2 aromatic heterocycles. The van der Waals surface area contributed by atoms with Crippen LogP contribution in [0, 0.1) is 6.92 Å². The SMILES string of the molecule is CNS(=O)(=O)c1cccc(-c2ccc(N=CC(Cl)=C(N)C(F)(F)F)c(-c3oc(C)nc3-c3cnc(OC)nc3)c2)c1. The standard InChI is InChI=1S/C26H22ClF3N6O4S/c1-14-36-22(17-11-34-25(39-3)35-12-17)23(40-14)19-10-16(15-5-4-6-18(9-15)41(37,38)32-2)7-8-21(19)33-13-20(27)24(31)26(28,29)30/h4-13,32H,31H2,1-3H3. The first-order valence-electron chi connectivity index (χ1n) is 11.6. The van der Waals surface area contributed by atoms with Crippen molar-refractivity contribution in [3.8, 4) is 39.7 Å². The van der Waals surface area contributed by atoms with Crippen LogP contribution in [-0.2, 0) is 10.0 Å². The number of oxazole rings is 1. The molecule has 0 amide bonds. The number of benzene rings is 2. The lowest BCUT2D eigenvalue weighted by molar-refractivity contribution is -0.0927. The predicted octanol–water partition coefficient (Wildman–Crippen LogP) is 5.36. The van der Waals surface area contributed by atoms with E-state index in [9.17, 15) is 21.6 Å². The van der Waals surface area contributed by atoms with Crippen molar-refractivity contribution < 1.29 is 30.7 Å². The van der Waals surface area contributed by atoms with E-state index in [0.29, 0.717) is 27.9 Å². The van der Waals surface area contributed by atoms with Crippen molar-refractivity contribution in [1.29, 1.82) is 0 Å². The van der Waals surface area contributed by atoms with Crippen molar-refractivity contribution in [2.24, 2.45) is 10.7 Å². The number of rotatable bonds is 8. The third-order valence-corrected chi connectivity index (χ3v) is 7.40. The first kappa shape index (κ1) is 29.7. The van der Waals surface area contributed by atoms with Crippen molar-refractivity contribution in [3.05, 3.63) is 71.5 Å². The van der Waals surface area contributed by atoms with Crippen LogP contribution in [-0.4, -0.2) is 49.9 Å². The summed E-state index contributed by atoms with van der Waals surface area (Å²) in [6.45, 7) is 1.61. The summed E-state index contributed by atoms with van der Waals surface area (Å²) in [5.41, 5.74) is 5.94. The summed E-state index contributed by atoms with van der Waals surface area (Å²) in [5, 5.41) is -0.810. The number of aliphatic imine (C=N–C) groups is 1. The first-order valence-corrected chi connectivity index (χ1v) is 13.5. The van der Waals surface area contributed by atoms with E-state index in [0.717, 1.165) is 6.21 Å². The van der Waals surface area contributed by atoms with Crippen LogP contribution < -0.4 is 15.2 Å². The Balaban J connectivity index is 1.92. The van der Waals surface area contributed by atoms with E-state index >= 15 is 0 Å². The van der Waals surface area contributed by atoms with Crippen LogP contribution in [0.2, 0.25) is 0 Å². The maximum Gasteiger partial charge on any atom is 0.432 e. The fraction of sp³-hybridized carbons (Fsp3) is 0.154. The number of aromatic nitrogens is 3. The largest absolute Gasteiger partial charge is 0.467 e. The van der Waals surface area contributed by atoms with Gasteiger partial charge in [0.2, 0.25) is 10.0 Å². The molecule has 4 rings (SSSR count). The van der Waals surface area contributed by atoms with Gasteiger partial charge in [-0.05, 0) is 42.4 Å². The number of allylic oxidation sites excluding steroid dienone is 2. The van der Waals surface area contributed by atoms with Gasteiger partial charge in [0.15, 0.2) is 11.7 Å². The molecule has 0 bridgehead atoms. The van der Waals surface area contributed by atoms with Gasteiger partial charge < -0.3 is 14.9 Å². The first-order chi connectivity index (χ1) is 19.3. The number of aryl methyl sites for hydroxylation is 1. The number of nitrogens with zero attached hydrogens (tertiary/aromatic N) is 4.